The molecule has 3 rings (SSSR count). The Morgan fingerprint density at radius 3 is 2.74 bits per heavy atom. The molecule has 1 aliphatic carbocycles. The number of nitriles is 1. The van der Waals surface area contributed by atoms with Crippen LogP contribution in [0.5, 0.6) is 0 Å². The minimum atomic E-state index is -0.308. The van der Waals surface area contributed by atoms with Crippen LogP contribution in [0.1, 0.15) is 25.0 Å². The molecule has 0 saturated heterocycles. The van der Waals surface area contributed by atoms with E-state index in [1.807, 2.05) is 24.3 Å². The standard InChI is InChI=1S/C14H14N4O/c15-8-12-13(16-14(9-19)6-3-7-14)10-4-1-2-5-11(10)17-18-12/h1-2,4-5,19H,3,6-7,9H2,(H,16,17). The molecule has 19 heavy (non-hydrogen) atoms. The molecule has 96 valence electrons. The molecule has 2 N–H and O–H groups in total. The largest absolute Gasteiger partial charge is 0.394 e. The molecule has 0 atom stereocenters. The first-order valence-corrected chi connectivity index (χ1v) is 6.33. The fourth-order valence-electron chi connectivity index (χ4n) is 2.45. The van der Waals surface area contributed by atoms with Crippen LogP contribution in [0.4, 0.5) is 5.69 Å². The van der Waals surface area contributed by atoms with Gasteiger partial charge in [0.15, 0.2) is 5.69 Å². The molecular weight excluding hydrogens is 240 g/mol. The van der Waals surface area contributed by atoms with Gasteiger partial charge in [-0.15, -0.1) is 10.2 Å². The maximum atomic E-state index is 9.55. The number of aromatic nitrogens is 2. The predicted molar refractivity (Wildman–Crippen MR) is 71.5 cm³/mol. The number of benzene rings is 1. The Morgan fingerprint density at radius 2 is 2.11 bits per heavy atom. The molecule has 0 bridgehead atoms. The lowest BCUT2D eigenvalue weighted by atomic mass is 9.77. The number of rotatable bonds is 3. The second-order valence-corrected chi connectivity index (χ2v) is 4.97. The smallest absolute Gasteiger partial charge is 0.186 e. The van der Waals surface area contributed by atoms with Crippen molar-refractivity contribution in [3.8, 4) is 6.07 Å². The molecule has 5 nitrogen and oxygen atoms in total. The summed E-state index contributed by atoms with van der Waals surface area (Å²) in [6, 6.07) is 9.63. The summed E-state index contributed by atoms with van der Waals surface area (Å²) in [6.07, 6.45) is 2.90. The van der Waals surface area contributed by atoms with Gasteiger partial charge in [-0.25, -0.2) is 0 Å². The van der Waals surface area contributed by atoms with Crippen molar-refractivity contribution in [1.82, 2.24) is 10.2 Å². The quantitative estimate of drug-likeness (QED) is 0.873. The summed E-state index contributed by atoms with van der Waals surface area (Å²) in [6.45, 7) is 0.0640. The molecule has 0 spiro atoms. The fraction of sp³-hybridized carbons (Fsp3) is 0.357. The molecular formula is C14H14N4O. The second-order valence-electron chi connectivity index (χ2n) is 4.97. The maximum absolute atomic E-state index is 9.55. The van der Waals surface area contributed by atoms with Crippen LogP contribution in [0.25, 0.3) is 10.9 Å². The number of nitrogens with one attached hydrogen (secondary N) is 1. The average molecular weight is 254 g/mol. The third-order valence-corrected chi connectivity index (χ3v) is 3.78. The monoisotopic (exact) mass is 254 g/mol. The number of aliphatic hydroxyl groups excluding tert-OH is 1. The van der Waals surface area contributed by atoms with Crippen molar-refractivity contribution in [1.29, 1.82) is 5.26 Å². The van der Waals surface area contributed by atoms with Crippen molar-refractivity contribution in [2.24, 2.45) is 0 Å². The lowest BCUT2D eigenvalue weighted by Crippen LogP contribution is -2.48. The Balaban J connectivity index is 2.12. The molecule has 0 aliphatic heterocycles. The molecule has 1 saturated carbocycles. The summed E-state index contributed by atoms with van der Waals surface area (Å²) in [5.74, 6) is 0. The van der Waals surface area contributed by atoms with E-state index in [0.717, 1.165) is 30.2 Å². The predicted octanol–water partition coefficient (Wildman–Crippen LogP) is 1.83. The summed E-state index contributed by atoms with van der Waals surface area (Å²) in [7, 11) is 0. The van der Waals surface area contributed by atoms with Crippen LogP contribution in [-0.4, -0.2) is 27.4 Å². The van der Waals surface area contributed by atoms with E-state index in [9.17, 15) is 10.4 Å². The lowest BCUT2D eigenvalue weighted by molar-refractivity contribution is 0.144. The second kappa shape index (κ2) is 4.48. The average Bonchev–Trinajstić information content (AvgIpc) is 2.42. The highest BCUT2D eigenvalue weighted by atomic mass is 16.3. The number of fused-ring (bicyclic) bond motifs is 1. The van der Waals surface area contributed by atoms with E-state index in [2.05, 4.69) is 21.6 Å². The summed E-state index contributed by atoms with van der Waals surface area (Å²) < 4.78 is 0. The summed E-state index contributed by atoms with van der Waals surface area (Å²) in [5.41, 5.74) is 1.40. The topological polar surface area (TPSA) is 81.8 Å². The van der Waals surface area contributed by atoms with E-state index >= 15 is 0 Å². The maximum Gasteiger partial charge on any atom is 0.186 e. The van der Waals surface area contributed by atoms with Crippen molar-refractivity contribution >= 4 is 16.6 Å². The molecule has 1 heterocycles. The van der Waals surface area contributed by atoms with Crippen LogP contribution in [-0.2, 0) is 0 Å². The van der Waals surface area contributed by atoms with Gasteiger partial charge in [-0.3, -0.25) is 0 Å². The fourth-order valence-corrected chi connectivity index (χ4v) is 2.45. The Morgan fingerprint density at radius 1 is 1.32 bits per heavy atom. The normalized spacial score (nSPS) is 16.6. The van der Waals surface area contributed by atoms with Crippen LogP contribution in [0.15, 0.2) is 24.3 Å². The Labute approximate surface area is 110 Å². The first-order valence-electron chi connectivity index (χ1n) is 6.33. The molecule has 0 radical (unpaired) electrons. The van der Waals surface area contributed by atoms with Crippen LogP contribution in [0.3, 0.4) is 0 Å². The third kappa shape index (κ3) is 1.90. The van der Waals surface area contributed by atoms with E-state index < -0.39 is 0 Å². The molecule has 5 heteroatoms. The highest BCUT2D eigenvalue weighted by molar-refractivity contribution is 5.93. The van der Waals surface area contributed by atoms with Crippen molar-refractivity contribution in [2.45, 2.75) is 24.8 Å². The minimum absolute atomic E-state index is 0.0640. The zero-order chi connectivity index (χ0) is 13.3. The van der Waals surface area contributed by atoms with Gasteiger partial charge in [0.25, 0.3) is 0 Å². The Hall–Kier alpha value is -2.19. The molecule has 2 aromatic rings. The highest BCUT2D eigenvalue weighted by Gasteiger charge is 2.37. The zero-order valence-electron chi connectivity index (χ0n) is 10.4. The van der Waals surface area contributed by atoms with Crippen LogP contribution in [0.2, 0.25) is 0 Å². The van der Waals surface area contributed by atoms with Gasteiger partial charge in [-0.2, -0.15) is 5.26 Å². The highest BCUT2D eigenvalue weighted by Crippen LogP contribution is 2.37. The molecule has 1 fully saturated rings. The van der Waals surface area contributed by atoms with Gasteiger partial charge in [0.2, 0.25) is 0 Å². The van der Waals surface area contributed by atoms with Crippen molar-refractivity contribution < 1.29 is 5.11 Å². The van der Waals surface area contributed by atoms with E-state index in [-0.39, 0.29) is 17.8 Å². The van der Waals surface area contributed by atoms with Gasteiger partial charge in [-0.1, -0.05) is 18.2 Å². The van der Waals surface area contributed by atoms with E-state index in [0.29, 0.717) is 5.69 Å². The Bertz CT molecular complexity index is 653. The molecule has 0 amide bonds. The summed E-state index contributed by atoms with van der Waals surface area (Å²) in [4.78, 5) is 0. The summed E-state index contributed by atoms with van der Waals surface area (Å²) >= 11 is 0. The van der Waals surface area contributed by atoms with Gasteiger partial charge >= 0.3 is 0 Å². The molecule has 1 aromatic heterocycles. The van der Waals surface area contributed by atoms with Crippen LogP contribution in [0, 0.1) is 11.3 Å². The van der Waals surface area contributed by atoms with Gasteiger partial charge in [-0.05, 0) is 25.3 Å². The Kier molecular flexibility index (Phi) is 2.80. The van der Waals surface area contributed by atoms with Crippen molar-refractivity contribution in [2.75, 3.05) is 11.9 Å². The minimum Gasteiger partial charge on any atom is -0.394 e. The van der Waals surface area contributed by atoms with Gasteiger partial charge < -0.3 is 10.4 Å². The number of hydrogen-bond acceptors (Lipinski definition) is 5. The SMILES string of the molecule is N#Cc1nnc2ccccc2c1NC1(CO)CCC1. The van der Waals surface area contributed by atoms with E-state index in [1.54, 1.807) is 0 Å². The molecule has 1 aromatic carbocycles. The third-order valence-electron chi connectivity index (χ3n) is 3.78. The number of aliphatic hydroxyl groups is 1. The molecule has 1 aliphatic rings. The van der Waals surface area contributed by atoms with Crippen molar-refractivity contribution in [3.05, 3.63) is 30.0 Å². The summed E-state index contributed by atoms with van der Waals surface area (Å²) in [5, 5.41) is 30.9. The number of anilines is 1. The van der Waals surface area contributed by atoms with E-state index in [1.165, 1.54) is 0 Å². The number of hydrogen-bond donors (Lipinski definition) is 2. The first-order chi connectivity index (χ1) is 9.28. The van der Waals surface area contributed by atoms with Gasteiger partial charge in [0, 0.05) is 5.39 Å². The lowest BCUT2D eigenvalue weighted by Gasteiger charge is -2.42. The van der Waals surface area contributed by atoms with E-state index in [4.69, 9.17) is 0 Å². The van der Waals surface area contributed by atoms with Gasteiger partial charge in [0.1, 0.15) is 6.07 Å². The van der Waals surface area contributed by atoms with Gasteiger partial charge in [0.05, 0.1) is 23.3 Å². The number of nitrogens with zero attached hydrogens (tertiary/aromatic N) is 3. The zero-order valence-corrected chi connectivity index (χ0v) is 10.4. The molecule has 0 unspecified atom stereocenters. The van der Waals surface area contributed by atoms with Crippen LogP contribution >= 0.6 is 0 Å². The van der Waals surface area contributed by atoms with Crippen LogP contribution < -0.4 is 5.32 Å². The first kappa shape index (κ1) is 11.9. The van der Waals surface area contributed by atoms with Crippen molar-refractivity contribution in [3.63, 3.8) is 0 Å².